The number of carbonyl (C=O) groups is 2. The van der Waals surface area contributed by atoms with Crippen molar-refractivity contribution in [3.05, 3.63) is 63.1 Å². The largest absolute Gasteiger partial charge is 0.462 e. The first-order valence-electron chi connectivity index (χ1n) is 13.6. The predicted octanol–water partition coefficient (Wildman–Crippen LogP) is 6.70. The summed E-state index contributed by atoms with van der Waals surface area (Å²) in [5.41, 5.74) is -0.236. The van der Waals surface area contributed by atoms with Crippen LogP contribution in [0.4, 0.5) is 34.1 Å². The summed E-state index contributed by atoms with van der Waals surface area (Å²) in [4.78, 5) is 39.2. The van der Waals surface area contributed by atoms with E-state index in [0.717, 1.165) is 5.69 Å². The lowest BCUT2D eigenvalue weighted by Gasteiger charge is -2.47. The van der Waals surface area contributed by atoms with Gasteiger partial charge in [0.05, 0.1) is 28.5 Å². The number of hydrogen-bond acceptors (Lipinski definition) is 8. The molecule has 1 saturated heterocycles. The van der Waals surface area contributed by atoms with Crippen molar-refractivity contribution in [2.24, 2.45) is 0 Å². The van der Waals surface area contributed by atoms with Crippen molar-refractivity contribution < 1.29 is 31.9 Å². The molecular formula is C29H30ClF4N5O3S. The summed E-state index contributed by atoms with van der Waals surface area (Å²) in [7, 11) is 0. The summed E-state index contributed by atoms with van der Waals surface area (Å²) in [6.07, 6.45) is -4.82. The third-order valence-corrected chi connectivity index (χ3v) is 8.96. The molecule has 0 bridgehead atoms. The maximum Gasteiger partial charge on any atom is 0.435 e. The Kier molecular flexibility index (Phi) is 7.87. The van der Waals surface area contributed by atoms with Gasteiger partial charge in [0.15, 0.2) is 10.8 Å². The zero-order valence-corrected chi connectivity index (χ0v) is 25.8. The maximum atomic E-state index is 14.2. The smallest absolute Gasteiger partial charge is 0.435 e. The van der Waals surface area contributed by atoms with E-state index < -0.39 is 39.5 Å². The highest BCUT2D eigenvalue weighted by Crippen LogP contribution is 2.44. The monoisotopic (exact) mass is 639 g/mol. The van der Waals surface area contributed by atoms with Gasteiger partial charge in [-0.25, -0.2) is 19.2 Å². The number of alkyl halides is 3. The standard InChI is InChI=1S/C29H30ClF4N5O3S/c1-6-42-25(41)21-23(29(32,33)34)36-26(43-21)37-11-12-39(28(4,5)15-37)24(40)19-9-10-20-22(35-19)27(2,3)14-38(20)16-7-8-17(30)18(31)13-16/h7-10,13H,6,11-12,14-15H2,1-5H3. The van der Waals surface area contributed by atoms with Gasteiger partial charge < -0.3 is 19.4 Å². The molecule has 5 rings (SSSR count). The van der Waals surface area contributed by atoms with E-state index in [9.17, 15) is 27.2 Å². The topological polar surface area (TPSA) is 78.9 Å². The number of amides is 1. The van der Waals surface area contributed by atoms with Crippen LogP contribution in [-0.4, -0.2) is 65.1 Å². The van der Waals surface area contributed by atoms with Gasteiger partial charge in [0.2, 0.25) is 0 Å². The number of thiazole rings is 1. The average Bonchev–Trinajstić information content (AvgIpc) is 3.49. The first-order chi connectivity index (χ1) is 20.0. The molecule has 230 valence electrons. The Balaban J connectivity index is 1.39. The van der Waals surface area contributed by atoms with Gasteiger partial charge in [0, 0.05) is 37.3 Å². The Morgan fingerprint density at radius 3 is 2.42 bits per heavy atom. The van der Waals surface area contributed by atoms with E-state index in [1.165, 1.54) is 19.1 Å². The second-order valence-electron chi connectivity index (χ2n) is 11.7. The van der Waals surface area contributed by atoms with Crippen molar-refractivity contribution in [3.8, 4) is 0 Å². The Hall–Kier alpha value is -3.45. The van der Waals surface area contributed by atoms with E-state index in [0.29, 0.717) is 29.3 Å². The van der Waals surface area contributed by atoms with Crippen LogP contribution in [0.5, 0.6) is 0 Å². The van der Waals surface area contributed by atoms with Crippen LogP contribution in [0, 0.1) is 5.82 Å². The number of pyridine rings is 1. The molecule has 0 saturated carbocycles. The second kappa shape index (κ2) is 10.9. The molecule has 2 aliphatic rings. The Labute approximate surface area is 255 Å². The SMILES string of the molecule is CCOC(=O)c1sc(N2CCN(C(=O)c3ccc4c(n3)C(C)(C)CN4c3ccc(Cl)c(F)c3)C(C)(C)C2)nc1C(F)(F)F. The van der Waals surface area contributed by atoms with Gasteiger partial charge in [-0.15, -0.1) is 0 Å². The minimum absolute atomic E-state index is 0.0271. The number of fused-ring (bicyclic) bond motifs is 1. The lowest BCUT2D eigenvalue weighted by Crippen LogP contribution is -2.61. The third kappa shape index (κ3) is 5.76. The van der Waals surface area contributed by atoms with Crippen molar-refractivity contribution in [1.29, 1.82) is 0 Å². The first-order valence-corrected chi connectivity index (χ1v) is 14.8. The molecule has 1 fully saturated rings. The van der Waals surface area contributed by atoms with Crippen LogP contribution >= 0.6 is 22.9 Å². The number of esters is 1. The molecular weight excluding hydrogens is 610 g/mol. The molecule has 2 aliphatic heterocycles. The number of ether oxygens (including phenoxy) is 1. The van der Waals surface area contributed by atoms with Crippen molar-refractivity contribution in [1.82, 2.24) is 14.9 Å². The molecule has 0 atom stereocenters. The molecule has 0 radical (unpaired) electrons. The van der Waals surface area contributed by atoms with Crippen molar-refractivity contribution in [2.75, 3.05) is 42.6 Å². The fourth-order valence-corrected chi connectivity index (χ4v) is 6.65. The zero-order valence-electron chi connectivity index (χ0n) is 24.2. The van der Waals surface area contributed by atoms with Gasteiger partial charge >= 0.3 is 12.1 Å². The number of aromatic nitrogens is 2. The van der Waals surface area contributed by atoms with Gasteiger partial charge in [-0.2, -0.15) is 13.2 Å². The number of carbonyl (C=O) groups excluding carboxylic acids is 2. The lowest BCUT2D eigenvalue weighted by atomic mass is 9.91. The molecule has 4 heterocycles. The number of nitrogens with zero attached hydrogens (tertiary/aromatic N) is 5. The zero-order chi connectivity index (χ0) is 31.5. The summed E-state index contributed by atoms with van der Waals surface area (Å²) in [6.45, 7) is 10.2. The highest BCUT2D eigenvalue weighted by molar-refractivity contribution is 7.17. The number of halogens is 5. The van der Waals surface area contributed by atoms with Crippen LogP contribution in [0.2, 0.25) is 5.02 Å². The van der Waals surface area contributed by atoms with Crippen LogP contribution < -0.4 is 9.80 Å². The molecule has 0 aliphatic carbocycles. The Bertz CT molecular complexity index is 1590. The van der Waals surface area contributed by atoms with Crippen LogP contribution in [-0.2, 0) is 16.3 Å². The minimum atomic E-state index is -4.82. The summed E-state index contributed by atoms with van der Waals surface area (Å²) in [5.74, 6) is -1.92. The fourth-order valence-electron chi connectivity index (χ4n) is 5.53. The van der Waals surface area contributed by atoms with Crippen molar-refractivity contribution in [2.45, 2.75) is 51.7 Å². The van der Waals surface area contributed by atoms with Gasteiger partial charge in [0.25, 0.3) is 5.91 Å². The number of benzene rings is 1. The van der Waals surface area contributed by atoms with Crippen LogP contribution in [0.25, 0.3) is 0 Å². The number of hydrogen-bond donors (Lipinski definition) is 0. The highest BCUT2D eigenvalue weighted by atomic mass is 35.5. The minimum Gasteiger partial charge on any atom is -0.462 e. The lowest BCUT2D eigenvalue weighted by molar-refractivity contribution is -0.141. The van der Waals surface area contributed by atoms with E-state index in [4.69, 9.17) is 21.3 Å². The molecule has 0 N–H and O–H groups in total. The second-order valence-corrected chi connectivity index (χ2v) is 13.1. The average molecular weight is 640 g/mol. The number of rotatable bonds is 5. The molecule has 1 amide bonds. The first kappa shape index (κ1) is 31.0. The van der Waals surface area contributed by atoms with Gasteiger partial charge in [0.1, 0.15) is 16.4 Å². The van der Waals surface area contributed by atoms with Gasteiger partial charge in [-0.3, -0.25) is 4.79 Å². The van der Waals surface area contributed by atoms with E-state index in [1.54, 1.807) is 28.0 Å². The number of anilines is 3. The summed E-state index contributed by atoms with van der Waals surface area (Å²) in [6, 6.07) is 8.02. The summed E-state index contributed by atoms with van der Waals surface area (Å²) >= 11 is 6.50. The molecule has 43 heavy (non-hydrogen) atoms. The number of piperazine rings is 1. The molecule has 2 aromatic heterocycles. The van der Waals surface area contributed by atoms with Crippen molar-refractivity contribution in [3.63, 3.8) is 0 Å². The summed E-state index contributed by atoms with van der Waals surface area (Å²) in [5, 5.41) is 0.0611. The molecule has 1 aromatic carbocycles. The highest BCUT2D eigenvalue weighted by Gasteiger charge is 2.44. The third-order valence-electron chi connectivity index (χ3n) is 7.56. The Morgan fingerprint density at radius 1 is 1.07 bits per heavy atom. The molecule has 0 unspecified atom stereocenters. The predicted molar refractivity (Wildman–Crippen MR) is 156 cm³/mol. The quantitative estimate of drug-likeness (QED) is 0.227. The van der Waals surface area contributed by atoms with Crippen molar-refractivity contribution >= 4 is 51.3 Å². The van der Waals surface area contributed by atoms with E-state index >= 15 is 0 Å². The van der Waals surface area contributed by atoms with Gasteiger partial charge in [-0.1, -0.05) is 36.8 Å². The normalized spacial score (nSPS) is 17.7. The van der Waals surface area contributed by atoms with Crippen LogP contribution in [0.3, 0.4) is 0 Å². The molecule has 3 aromatic rings. The van der Waals surface area contributed by atoms with Gasteiger partial charge in [-0.05, 0) is 51.1 Å². The summed E-state index contributed by atoms with van der Waals surface area (Å²) < 4.78 is 60.1. The molecule has 0 spiro atoms. The van der Waals surface area contributed by atoms with E-state index in [1.807, 2.05) is 32.6 Å². The molecule has 8 nitrogen and oxygen atoms in total. The van der Waals surface area contributed by atoms with Crippen LogP contribution in [0.1, 0.15) is 66.2 Å². The fraction of sp³-hybridized carbons (Fsp3) is 0.448. The Morgan fingerprint density at radius 2 is 1.79 bits per heavy atom. The maximum absolute atomic E-state index is 14.2. The molecule has 14 heteroatoms. The van der Waals surface area contributed by atoms with E-state index in [2.05, 4.69) is 4.98 Å². The van der Waals surface area contributed by atoms with E-state index in [-0.39, 0.29) is 48.0 Å². The van der Waals surface area contributed by atoms with Crippen LogP contribution in [0.15, 0.2) is 30.3 Å².